The highest BCUT2D eigenvalue weighted by Crippen LogP contribution is 2.12. The van der Waals surface area contributed by atoms with Gasteiger partial charge in [0.05, 0.1) is 12.3 Å². The van der Waals surface area contributed by atoms with Gasteiger partial charge in [-0.25, -0.2) is 4.98 Å². The molecule has 0 aliphatic carbocycles. The van der Waals surface area contributed by atoms with E-state index in [9.17, 15) is 0 Å². The summed E-state index contributed by atoms with van der Waals surface area (Å²) in [4.78, 5) is 5.49. The third-order valence-corrected chi connectivity index (χ3v) is 2.97. The molecule has 0 aromatic carbocycles. The largest absolute Gasteiger partial charge is 0.383 e. The minimum absolute atomic E-state index is 0.111. The van der Waals surface area contributed by atoms with Gasteiger partial charge in [-0.2, -0.15) is 0 Å². The van der Waals surface area contributed by atoms with Gasteiger partial charge in [-0.05, 0) is 0 Å². The summed E-state index contributed by atoms with van der Waals surface area (Å²) in [6.07, 6.45) is 4.79. The van der Waals surface area contributed by atoms with Crippen molar-refractivity contribution >= 4 is 16.3 Å². The Balaban J connectivity index is 2.07. The second-order valence-electron chi connectivity index (χ2n) is 3.35. The highest BCUT2D eigenvalue weighted by Gasteiger charge is 2.10. The molecule has 3 N–H and O–H groups in total. The first kappa shape index (κ1) is 10.6. The summed E-state index contributed by atoms with van der Waals surface area (Å²) < 4.78 is 7.06. The van der Waals surface area contributed by atoms with Gasteiger partial charge >= 0.3 is 0 Å². The Bertz CT molecular complexity index is 396. The summed E-state index contributed by atoms with van der Waals surface area (Å²) in [6.45, 7) is 0.585. The SMILES string of the molecule is COCC(Cc1cn2ccsc2n1)NN. The second-order valence-corrected chi connectivity index (χ2v) is 4.22. The lowest BCUT2D eigenvalue weighted by atomic mass is 10.2. The van der Waals surface area contributed by atoms with Crippen molar-refractivity contribution in [3.8, 4) is 0 Å². The number of aromatic nitrogens is 2. The van der Waals surface area contributed by atoms with Gasteiger partial charge < -0.3 is 4.74 Å². The molecule has 0 amide bonds. The van der Waals surface area contributed by atoms with Crippen LogP contribution in [0.1, 0.15) is 5.69 Å². The van der Waals surface area contributed by atoms with Gasteiger partial charge in [-0.15, -0.1) is 11.3 Å². The summed E-state index contributed by atoms with van der Waals surface area (Å²) >= 11 is 1.63. The number of fused-ring (bicyclic) bond motifs is 1. The number of hydrazine groups is 1. The van der Waals surface area contributed by atoms with Crippen molar-refractivity contribution in [2.75, 3.05) is 13.7 Å². The van der Waals surface area contributed by atoms with Crippen molar-refractivity contribution < 1.29 is 4.74 Å². The Morgan fingerprint density at radius 2 is 2.60 bits per heavy atom. The number of nitrogens with one attached hydrogen (secondary N) is 1. The van der Waals surface area contributed by atoms with Crippen molar-refractivity contribution in [3.05, 3.63) is 23.5 Å². The zero-order valence-corrected chi connectivity index (χ0v) is 9.33. The van der Waals surface area contributed by atoms with E-state index in [1.54, 1.807) is 18.4 Å². The smallest absolute Gasteiger partial charge is 0.193 e. The number of hydrogen-bond donors (Lipinski definition) is 2. The molecule has 82 valence electrons. The van der Waals surface area contributed by atoms with Crippen LogP contribution in [0.2, 0.25) is 0 Å². The maximum absolute atomic E-state index is 5.41. The van der Waals surface area contributed by atoms with E-state index in [-0.39, 0.29) is 6.04 Å². The van der Waals surface area contributed by atoms with Crippen LogP contribution in [0.3, 0.4) is 0 Å². The van der Waals surface area contributed by atoms with E-state index >= 15 is 0 Å². The van der Waals surface area contributed by atoms with Crippen molar-refractivity contribution in [3.63, 3.8) is 0 Å². The van der Waals surface area contributed by atoms with E-state index in [1.807, 2.05) is 22.2 Å². The number of nitrogens with zero attached hydrogens (tertiary/aromatic N) is 2. The number of ether oxygens (including phenoxy) is 1. The molecule has 5 nitrogen and oxygen atoms in total. The molecule has 0 fully saturated rings. The fourth-order valence-corrected chi connectivity index (χ4v) is 2.21. The third kappa shape index (κ3) is 2.35. The van der Waals surface area contributed by atoms with Gasteiger partial charge in [-0.1, -0.05) is 0 Å². The van der Waals surface area contributed by atoms with Gasteiger partial charge in [0.2, 0.25) is 0 Å². The lowest BCUT2D eigenvalue weighted by molar-refractivity contribution is 0.166. The number of nitrogens with two attached hydrogens (primary N) is 1. The summed E-state index contributed by atoms with van der Waals surface area (Å²) in [5.74, 6) is 5.41. The van der Waals surface area contributed by atoms with Crippen molar-refractivity contribution in [1.82, 2.24) is 14.8 Å². The number of methoxy groups -OCH3 is 1. The Labute approximate surface area is 91.8 Å². The molecule has 0 saturated heterocycles. The van der Waals surface area contributed by atoms with Gasteiger partial charge in [0.15, 0.2) is 4.96 Å². The molecule has 2 heterocycles. The Hall–Kier alpha value is -0.950. The topological polar surface area (TPSA) is 64.6 Å². The van der Waals surface area contributed by atoms with Crippen LogP contribution in [0.5, 0.6) is 0 Å². The predicted octanol–water partition coefficient (Wildman–Crippen LogP) is 0.417. The summed E-state index contributed by atoms with van der Waals surface area (Å²) in [7, 11) is 1.66. The van der Waals surface area contributed by atoms with Gasteiger partial charge in [0, 0.05) is 37.3 Å². The molecule has 0 aliphatic heterocycles. The average Bonchev–Trinajstić information content (AvgIpc) is 2.77. The number of hydrogen-bond acceptors (Lipinski definition) is 5. The third-order valence-electron chi connectivity index (χ3n) is 2.20. The molecular weight excluding hydrogens is 212 g/mol. The lowest BCUT2D eigenvalue weighted by Crippen LogP contribution is -2.40. The second kappa shape index (κ2) is 4.71. The summed E-state index contributed by atoms with van der Waals surface area (Å²) in [6, 6.07) is 0.111. The summed E-state index contributed by atoms with van der Waals surface area (Å²) in [5.41, 5.74) is 3.75. The number of imidazole rings is 1. The normalized spacial score (nSPS) is 13.5. The minimum atomic E-state index is 0.111. The molecule has 1 unspecified atom stereocenters. The minimum Gasteiger partial charge on any atom is -0.383 e. The summed E-state index contributed by atoms with van der Waals surface area (Å²) in [5, 5.41) is 2.01. The van der Waals surface area contributed by atoms with E-state index < -0.39 is 0 Å². The van der Waals surface area contributed by atoms with E-state index in [4.69, 9.17) is 10.6 Å². The maximum atomic E-state index is 5.41. The maximum Gasteiger partial charge on any atom is 0.193 e. The molecule has 0 radical (unpaired) electrons. The molecule has 0 saturated carbocycles. The molecule has 0 bridgehead atoms. The Morgan fingerprint density at radius 1 is 1.73 bits per heavy atom. The van der Waals surface area contributed by atoms with Crippen LogP contribution >= 0.6 is 11.3 Å². The van der Waals surface area contributed by atoms with Gasteiger partial charge in [0.25, 0.3) is 0 Å². The molecule has 0 aliphatic rings. The molecule has 1 atom stereocenters. The van der Waals surface area contributed by atoms with Gasteiger partial charge in [0.1, 0.15) is 0 Å². The molecular formula is C9H14N4OS. The van der Waals surface area contributed by atoms with Crippen LogP contribution in [-0.2, 0) is 11.2 Å². The first-order valence-electron chi connectivity index (χ1n) is 4.69. The van der Waals surface area contributed by atoms with Crippen LogP contribution in [0.25, 0.3) is 4.96 Å². The highest BCUT2D eigenvalue weighted by molar-refractivity contribution is 7.15. The first-order valence-corrected chi connectivity index (χ1v) is 5.57. The van der Waals surface area contributed by atoms with Crippen LogP contribution in [0.15, 0.2) is 17.8 Å². The molecule has 6 heteroatoms. The Kier molecular flexibility index (Phi) is 3.32. The van der Waals surface area contributed by atoms with Crippen LogP contribution in [0.4, 0.5) is 0 Å². The van der Waals surface area contributed by atoms with Gasteiger partial charge in [-0.3, -0.25) is 15.7 Å². The van der Waals surface area contributed by atoms with Crippen LogP contribution < -0.4 is 11.3 Å². The van der Waals surface area contributed by atoms with Crippen molar-refractivity contribution in [2.24, 2.45) is 5.84 Å². The Morgan fingerprint density at radius 3 is 3.27 bits per heavy atom. The fraction of sp³-hybridized carbons (Fsp3) is 0.444. The molecule has 2 aromatic heterocycles. The van der Waals surface area contributed by atoms with Crippen molar-refractivity contribution in [1.29, 1.82) is 0 Å². The van der Waals surface area contributed by atoms with Crippen LogP contribution in [0, 0.1) is 0 Å². The van der Waals surface area contributed by atoms with E-state index in [1.165, 1.54) is 0 Å². The van der Waals surface area contributed by atoms with E-state index in [0.717, 1.165) is 17.1 Å². The molecule has 0 spiro atoms. The zero-order chi connectivity index (χ0) is 10.7. The monoisotopic (exact) mass is 226 g/mol. The quantitative estimate of drug-likeness (QED) is 0.573. The average molecular weight is 226 g/mol. The lowest BCUT2D eigenvalue weighted by Gasteiger charge is -2.12. The number of rotatable bonds is 5. The van der Waals surface area contributed by atoms with E-state index in [0.29, 0.717) is 6.61 Å². The predicted molar refractivity (Wildman–Crippen MR) is 59.8 cm³/mol. The van der Waals surface area contributed by atoms with Crippen molar-refractivity contribution in [2.45, 2.75) is 12.5 Å². The van der Waals surface area contributed by atoms with E-state index in [2.05, 4.69) is 10.4 Å². The number of thiazole rings is 1. The van der Waals surface area contributed by atoms with Crippen LogP contribution in [-0.4, -0.2) is 29.1 Å². The zero-order valence-electron chi connectivity index (χ0n) is 8.51. The first-order chi connectivity index (χ1) is 7.33. The molecule has 2 rings (SSSR count). The fourth-order valence-electron chi connectivity index (χ4n) is 1.49. The molecule has 2 aromatic rings. The standard InChI is InChI=1S/C9H14N4OS/c1-14-6-8(12-10)4-7-5-13-2-3-15-9(13)11-7/h2-3,5,8,12H,4,6,10H2,1H3. The molecule has 15 heavy (non-hydrogen) atoms. The highest BCUT2D eigenvalue weighted by atomic mass is 32.1.